The lowest BCUT2D eigenvalue weighted by atomic mass is 9.92. The van der Waals surface area contributed by atoms with E-state index in [4.69, 9.17) is 19.9 Å². The largest absolute Gasteiger partial charge is 0.463 e. The van der Waals surface area contributed by atoms with E-state index in [0.29, 0.717) is 5.52 Å². The van der Waals surface area contributed by atoms with Crippen LogP contribution in [0.5, 0.6) is 0 Å². The van der Waals surface area contributed by atoms with Crippen molar-refractivity contribution in [3.05, 3.63) is 24.2 Å². The Morgan fingerprint density at radius 1 is 1.32 bits per heavy atom. The maximum Gasteiger partial charge on any atom is 0.309 e. The Morgan fingerprint density at radius 3 is 2.65 bits per heavy atom. The Labute approximate surface area is 197 Å². The zero-order valence-corrected chi connectivity index (χ0v) is 20.0. The van der Waals surface area contributed by atoms with Gasteiger partial charge >= 0.3 is 11.9 Å². The van der Waals surface area contributed by atoms with Gasteiger partial charge in [-0.1, -0.05) is 34.6 Å². The number of nitrogens with zero attached hydrogens (tertiary/aromatic N) is 4. The van der Waals surface area contributed by atoms with Crippen molar-refractivity contribution in [1.29, 1.82) is 5.26 Å². The molecule has 3 heterocycles. The minimum Gasteiger partial charge on any atom is -0.463 e. The van der Waals surface area contributed by atoms with Crippen molar-refractivity contribution < 1.29 is 28.9 Å². The number of anilines is 1. The van der Waals surface area contributed by atoms with Gasteiger partial charge in [0.2, 0.25) is 5.60 Å². The van der Waals surface area contributed by atoms with Crippen LogP contribution >= 0.6 is 0 Å². The molecule has 0 radical (unpaired) electrons. The van der Waals surface area contributed by atoms with E-state index in [1.165, 1.54) is 16.9 Å². The Hall–Kier alpha value is -3.23. The Kier molecular flexibility index (Phi) is 7.43. The molecule has 184 valence electrons. The van der Waals surface area contributed by atoms with Crippen molar-refractivity contribution in [2.24, 2.45) is 17.8 Å². The molecule has 0 amide bonds. The number of hydrogen-bond donors (Lipinski definition) is 2. The molecule has 11 heteroatoms. The molecule has 0 spiro atoms. The number of rotatable bonds is 8. The molecule has 0 aromatic carbocycles. The van der Waals surface area contributed by atoms with E-state index in [-0.39, 0.29) is 36.4 Å². The van der Waals surface area contributed by atoms with Crippen LogP contribution in [0.1, 0.15) is 46.7 Å². The molecule has 1 aliphatic rings. The average Bonchev–Trinajstić information content (AvgIpc) is 3.32. The fourth-order valence-electron chi connectivity index (χ4n) is 3.76. The van der Waals surface area contributed by atoms with E-state index in [0.717, 1.165) is 0 Å². The van der Waals surface area contributed by atoms with E-state index in [1.807, 2.05) is 33.8 Å². The summed E-state index contributed by atoms with van der Waals surface area (Å²) in [7, 11) is 0. The molecule has 2 aromatic heterocycles. The Bertz CT molecular complexity index is 1090. The highest BCUT2D eigenvalue weighted by atomic mass is 16.6. The first-order chi connectivity index (χ1) is 16.0. The predicted octanol–water partition coefficient (Wildman–Crippen LogP) is 1.58. The summed E-state index contributed by atoms with van der Waals surface area (Å²) in [6, 6.07) is 5.15. The third-order valence-corrected chi connectivity index (χ3v) is 6.07. The van der Waals surface area contributed by atoms with Gasteiger partial charge in [0.25, 0.3) is 0 Å². The van der Waals surface area contributed by atoms with Gasteiger partial charge in [-0.2, -0.15) is 10.4 Å². The number of aliphatic hydroxyl groups excluding tert-OH is 1. The molecular weight excluding hydrogens is 442 g/mol. The first-order valence-electron chi connectivity index (χ1n) is 11.2. The number of nitrogens with two attached hydrogens (primary N) is 1. The molecule has 5 atom stereocenters. The van der Waals surface area contributed by atoms with Crippen LogP contribution in [0.3, 0.4) is 0 Å². The standard InChI is InChI=1S/C23H31N5O6/c1-12(2)8-18(29)32-9-16-19(33-22(31)14(5)13(3)4)20(30)23(10-24,34-16)17-7-6-15-21(25)26-11-27-28(15)17/h6-7,11-14,16,19-20,30H,8-9H2,1-5H3,(H2,25,26,27)/t14-,16+,19+,20+,23-/m0/s1. The maximum absolute atomic E-state index is 12.7. The van der Waals surface area contributed by atoms with Crippen molar-refractivity contribution in [2.45, 2.75) is 65.0 Å². The third kappa shape index (κ3) is 4.69. The number of hydrogen-bond acceptors (Lipinski definition) is 10. The highest BCUT2D eigenvalue weighted by molar-refractivity contribution is 5.73. The van der Waals surface area contributed by atoms with Gasteiger partial charge in [-0.3, -0.25) is 9.59 Å². The van der Waals surface area contributed by atoms with Gasteiger partial charge in [-0.15, -0.1) is 0 Å². The summed E-state index contributed by atoms with van der Waals surface area (Å²) in [6.45, 7) is 8.90. The second-order valence-electron chi connectivity index (χ2n) is 9.32. The summed E-state index contributed by atoms with van der Waals surface area (Å²) in [6.07, 6.45) is -2.54. The zero-order chi connectivity index (χ0) is 25.2. The molecule has 2 aromatic rings. The van der Waals surface area contributed by atoms with Crippen LogP contribution in [0.4, 0.5) is 5.82 Å². The first kappa shape index (κ1) is 25.4. The lowest BCUT2D eigenvalue weighted by molar-refractivity contribution is -0.165. The number of aromatic nitrogens is 3. The topological polar surface area (TPSA) is 162 Å². The van der Waals surface area contributed by atoms with E-state index >= 15 is 0 Å². The molecular formula is C23H31N5O6. The van der Waals surface area contributed by atoms with Gasteiger partial charge in [0.1, 0.15) is 36.7 Å². The number of esters is 2. The normalized spacial score (nSPS) is 25.4. The van der Waals surface area contributed by atoms with Crippen molar-refractivity contribution >= 4 is 23.3 Å². The minimum atomic E-state index is -1.96. The van der Waals surface area contributed by atoms with Crippen LogP contribution in [0.2, 0.25) is 0 Å². The van der Waals surface area contributed by atoms with Crippen LogP contribution in [-0.2, 0) is 29.4 Å². The molecule has 34 heavy (non-hydrogen) atoms. The van der Waals surface area contributed by atoms with Gasteiger partial charge < -0.3 is 25.1 Å². The molecule has 1 fully saturated rings. The van der Waals surface area contributed by atoms with Crippen molar-refractivity contribution in [3.8, 4) is 6.07 Å². The number of fused-ring (bicyclic) bond motifs is 1. The van der Waals surface area contributed by atoms with Crippen LogP contribution < -0.4 is 5.73 Å². The van der Waals surface area contributed by atoms with Gasteiger partial charge in [-0.05, 0) is 24.0 Å². The van der Waals surface area contributed by atoms with Gasteiger partial charge in [0.15, 0.2) is 11.9 Å². The quantitative estimate of drug-likeness (QED) is 0.538. The molecule has 0 bridgehead atoms. The lowest BCUT2D eigenvalue weighted by Gasteiger charge is -2.25. The fraction of sp³-hybridized carbons (Fsp3) is 0.609. The maximum atomic E-state index is 12.7. The molecule has 0 saturated carbocycles. The number of nitriles is 1. The molecule has 3 rings (SSSR count). The van der Waals surface area contributed by atoms with Gasteiger partial charge in [0.05, 0.1) is 11.6 Å². The van der Waals surface area contributed by atoms with Gasteiger partial charge in [0, 0.05) is 6.42 Å². The minimum absolute atomic E-state index is 0.00995. The predicted molar refractivity (Wildman–Crippen MR) is 120 cm³/mol. The number of carbonyl (C=O) groups is 2. The van der Waals surface area contributed by atoms with Crippen molar-refractivity contribution in [1.82, 2.24) is 14.6 Å². The average molecular weight is 474 g/mol. The van der Waals surface area contributed by atoms with Gasteiger partial charge in [-0.25, -0.2) is 9.50 Å². The van der Waals surface area contributed by atoms with Crippen LogP contribution in [0.25, 0.3) is 5.52 Å². The smallest absolute Gasteiger partial charge is 0.309 e. The zero-order valence-electron chi connectivity index (χ0n) is 20.0. The summed E-state index contributed by atoms with van der Waals surface area (Å²) < 4.78 is 18.3. The fourth-order valence-corrected chi connectivity index (χ4v) is 3.76. The number of carbonyl (C=O) groups excluding carboxylic acids is 2. The first-order valence-corrected chi connectivity index (χ1v) is 11.2. The summed E-state index contributed by atoms with van der Waals surface area (Å²) in [5, 5.41) is 25.6. The number of ether oxygens (including phenoxy) is 3. The molecule has 11 nitrogen and oxygen atoms in total. The summed E-state index contributed by atoms with van der Waals surface area (Å²) in [5.74, 6) is -1.23. The van der Waals surface area contributed by atoms with Crippen molar-refractivity contribution in [2.75, 3.05) is 12.3 Å². The monoisotopic (exact) mass is 473 g/mol. The molecule has 3 N–H and O–H groups in total. The number of aliphatic hydroxyl groups is 1. The number of nitrogen functional groups attached to an aromatic ring is 1. The van der Waals surface area contributed by atoms with E-state index < -0.39 is 41.8 Å². The Balaban J connectivity index is 1.98. The second kappa shape index (κ2) is 9.95. The van der Waals surface area contributed by atoms with E-state index in [2.05, 4.69) is 10.1 Å². The molecule has 1 aliphatic heterocycles. The summed E-state index contributed by atoms with van der Waals surface area (Å²) in [5.41, 5.74) is 4.54. The van der Waals surface area contributed by atoms with Crippen LogP contribution in [-0.4, -0.2) is 56.6 Å². The highest BCUT2D eigenvalue weighted by Crippen LogP contribution is 2.42. The summed E-state index contributed by atoms with van der Waals surface area (Å²) in [4.78, 5) is 28.8. The highest BCUT2D eigenvalue weighted by Gasteiger charge is 2.60. The van der Waals surface area contributed by atoms with E-state index in [1.54, 1.807) is 13.0 Å². The second-order valence-corrected chi connectivity index (χ2v) is 9.32. The Morgan fingerprint density at radius 2 is 2.03 bits per heavy atom. The van der Waals surface area contributed by atoms with Crippen LogP contribution in [0, 0.1) is 29.1 Å². The van der Waals surface area contributed by atoms with Crippen LogP contribution in [0.15, 0.2) is 18.5 Å². The SMILES string of the molecule is CC(C)CC(=O)OC[C@H]1O[C@@](C#N)(c2ccc3c(N)ncnn23)[C@H](O)[C@@H]1OC(=O)[C@@H](C)C(C)C. The summed E-state index contributed by atoms with van der Waals surface area (Å²) >= 11 is 0. The third-order valence-electron chi connectivity index (χ3n) is 6.07. The van der Waals surface area contributed by atoms with E-state index in [9.17, 15) is 20.0 Å². The lowest BCUT2D eigenvalue weighted by Crippen LogP contribution is -2.44. The molecule has 0 aliphatic carbocycles. The molecule has 0 unspecified atom stereocenters. The molecule has 1 saturated heterocycles. The van der Waals surface area contributed by atoms with Crippen molar-refractivity contribution in [3.63, 3.8) is 0 Å².